The van der Waals surface area contributed by atoms with Crippen molar-refractivity contribution in [1.82, 2.24) is 0 Å². The van der Waals surface area contributed by atoms with Gasteiger partial charge in [-0.15, -0.1) is 0 Å². The zero-order valence-electron chi connectivity index (χ0n) is 11.2. The summed E-state index contributed by atoms with van der Waals surface area (Å²) in [7, 11) is -0.557. The molecule has 1 fully saturated rings. The fourth-order valence-electron chi connectivity index (χ4n) is 1.90. The third-order valence-electron chi connectivity index (χ3n) is 3.73. The molecule has 1 aliphatic heterocycles. The van der Waals surface area contributed by atoms with E-state index in [2.05, 4.69) is 0 Å². The minimum absolute atomic E-state index is 0.428. The van der Waals surface area contributed by atoms with E-state index in [1.54, 1.807) is 12.1 Å². The fraction of sp³-hybridized carbons (Fsp3) is 0.462. The molecule has 1 heterocycles. The van der Waals surface area contributed by atoms with E-state index >= 15 is 0 Å². The Bertz CT molecular complexity index is 469. The van der Waals surface area contributed by atoms with Crippen molar-refractivity contribution >= 4 is 18.5 Å². The van der Waals surface area contributed by atoms with Crippen molar-refractivity contribution < 1.29 is 14.1 Å². The number of primary amides is 1. The van der Waals surface area contributed by atoms with Crippen LogP contribution in [0.15, 0.2) is 24.3 Å². The summed E-state index contributed by atoms with van der Waals surface area (Å²) in [4.78, 5) is 11.4. The Labute approximate surface area is 108 Å². The lowest BCUT2D eigenvalue weighted by Crippen LogP contribution is -2.41. The van der Waals surface area contributed by atoms with E-state index in [4.69, 9.17) is 15.0 Å². The molecule has 0 aromatic heterocycles. The Morgan fingerprint density at radius 1 is 1.11 bits per heavy atom. The van der Waals surface area contributed by atoms with Crippen LogP contribution in [-0.2, 0) is 9.31 Å². The minimum Gasteiger partial charge on any atom is -0.399 e. The van der Waals surface area contributed by atoms with Gasteiger partial charge in [0.25, 0.3) is 0 Å². The molecule has 1 saturated heterocycles. The van der Waals surface area contributed by atoms with Gasteiger partial charge in [-0.3, -0.25) is 4.79 Å². The summed E-state index contributed by atoms with van der Waals surface area (Å²) in [5, 5.41) is 0. The predicted molar refractivity (Wildman–Crippen MR) is 70.7 cm³/mol. The summed E-state index contributed by atoms with van der Waals surface area (Å²) >= 11 is 0. The molecule has 5 heteroatoms. The number of hydrogen-bond donors (Lipinski definition) is 1. The molecule has 4 nitrogen and oxygen atoms in total. The number of hydrogen-bond acceptors (Lipinski definition) is 3. The number of benzene rings is 1. The van der Waals surface area contributed by atoms with Crippen molar-refractivity contribution in [3.05, 3.63) is 29.8 Å². The standard InChI is InChI=1S/C13H18BNO3/c1-12(2)13(3,4)18-14(17-12)10-8-6-5-7-9(10)11(15)16/h5-8H,1-4H3,(H2,15,16). The number of carbonyl (C=O) groups is 1. The van der Waals surface area contributed by atoms with Crippen LogP contribution in [0.1, 0.15) is 38.1 Å². The second-order valence-electron chi connectivity index (χ2n) is 5.54. The van der Waals surface area contributed by atoms with Crippen LogP contribution in [0.3, 0.4) is 0 Å². The molecule has 1 aliphatic rings. The Hall–Kier alpha value is -1.33. The first-order valence-electron chi connectivity index (χ1n) is 5.99. The molecule has 0 radical (unpaired) electrons. The van der Waals surface area contributed by atoms with E-state index in [1.165, 1.54) is 0 Å². The zero-order valence-corrected chi connectivity index (χ0v) is 11.2. The Kier molecular flexibility index (Phi) is 2.99. The minimum atomic E-state index is -0.557. The smallest absolute Gasteiger partial charge is 0.399 e. The van der Waals surface area contributed by atoms with Crippen LogP contribution >= 0.6 is 0 Å². The van der Waals surface area contributed by atoms with Gasteiger partial charge in [-0.1, -0.05) is 18.2 Å². The Balaban J connectivity index is 2.38. The summed E-state index contributed by atoms with van der Waals surface area (Å²) in [5.74, 6) is -0.472. The first kappa shape index (κ1) is 13.1. The molecule has 0 saturated carbocycles. The molecule has 1 aromatic carbocycles. The molecule has 1 aromatic rings. The highest BCUT2D eigenvalue weighted by Gasteiger charge is 2.52. The molecule has 0 spiro atoms. The second kappa shape index (κ2) is 4.11. The van der Waals surface area contributed by atoms with Gasteiger partial charge in [-0.25, -0.2) is 0 Å². The molecular weight excluding hydrogens is 229 g/mol. The highest BCUT2D eigenvalue weighted by atomic mass is 16.7. The molecular formula is C13H18BNO3. The van der Waals surface area contributed by atoms with Crippen LogP contribution < -0.4 is 11.2 Å². The highest BCUT2D eigenvalue weighted by Crippen LogP contribution is 2.36. The number of carbonyl (C=O) groups excluding carboxylic acids is 1. The SMILES string of the molecule is CC1(C)OB(c2ccccc2C(N)=O)OC1(C)C. The van der Waals surface area contributed by atoms with Gasteiger partial charge >= 0.3 is 7.12 Å². The maximum Gasteiger partial charge on any atom is 0.495 e. The summed E-state index contributed by atoms with van der Waals surface area (Å²) in [5.41, 5.74) is 5.64. The normalized spacial score (nSPS) is 21.0. The second-order valence-corrected chi connectivity index (χ2v) is 5.54. The van der Waals surface area contributed by atoms with E-state index in [9.17, 15) is 4.79 Å². The third kappa shape index (κ3) is 2.04. The summed E-state index contributed by atoms with van der Waals surface area (Å²) < 4.78 is 11.8. The van der Waals surface area contributed by atoms with Crippen LogP contribution in [0.5, 0.6) is 0 Å². The van der Waals surface area contributed by atoms with Crippen LogP contribution in [0.25, 0.3) is 0 Å². The van der Waals surface area contributed by atoms with Crippen molar-refractivity contribution in [2.75, 3.05) is 0 Å². The van der Waals surface area contributed by atoms with Gasteiger partial charge in [-0.05, 0) is 39.2 Å². The van der Waals surface area contributed by atoms with E-state index in [0.717, 1.165) is 0 Å². The lowest BCUT2D eigenvalue weighted by atomic mass is 9.76. The molecule has 2 N–H and O–H groups in total. The summed E-state index contributed by atoms with van der Waals surface area (Å²) in [6.45, 7) is 7.89. The molecule has 2 rings (SSSR count). The molecule has 0 bridgehead atoms. The van der Waals surface area contributed by atoms with Crippen molar-refractivity contribution in [2.45, 2.75) is 38.9 Å². The number of rotatable bonds is 2. The van der Waals surface area contributed by atoms with Gasteiger partial charge in [0, 0.05) is 5.56 Å². The zero-order chi connectivity index (χ0) is 13.6. The van der Waals surface area contributed by atoms with Crippen LogP contribution in [0.2, 0.25) is 0 Å². The highest BCUT2D eigenvalue weighted by molar-refractivity contribution is 6.63. The van der Waals surface area contributed by atoms with Crippen molar-refractivity contribution in [3.63, 3.8) is 0 Å². The van der Waals surface area contributed by atoms with E-state index in [1.807, 2.05) is 39.8 Å². The van der Waals surface area contributed by atoms with E-state index in [0.29, 0.717) is 11.0 Å². The molecule has 1 amide bonds. The maximum absolute atomic E-state index is 11.4. The molecule has 18 heavy (non-hydrogen) atoms. The van der Waals surface area contributed by atoms with Gasteiger partial charge in [0.05, 0.1) is 11.2 Å². The van der Waals surface area contributed by atoms with Crippen molar-refractivity contribution in [2.24, 2.45) is 5.73 Å². The van der Waals surface area contributed by atoms with Gasteiger partial charge in [0.15, 0.2) is 0 Å². The maximum atomic E-state index is 11.4. The fourth-order valence-corrected chi connectivity index (χ4v) is 1.90. The Morgan fingerprint density at radius 3 is 2.11 bits per heavy atom. The average Bonchev–Trinajstić information content (AvgIpc) is 2.48. The van der Waals surface area contributed by atoms with E-state index < -0.39 is 24.2 Å². The quantitative estimate of drug-likeness (QED) is 0.795. The van der Waals surface area contributed by atoms with Crippen molar-refractivity contribution in [3.8, 4) is 0 Å². The van der Waals surface area contributed by atoms with Gasteiger partial charge in [0.1, 0.15) is 0 Å². The molecule has 0 atom stereocenters. The molecule has 0 unspecified atom stereocenters. The summed E-state index contributed by atoms with van der Waals surface area (Å²) in [6.07, 6.45) is 0. The lowest BCUT2D eigenvalue weighted by Gasteiger charge is -2.32. The largest absolute Gasteiger partial charge is 0.495 e. The number of amides is 1. The van der Waals surface area contributed by atoms with Crippen LogP contribution in [0.4, 0.5) is 0 Å². The van der Waals surface area contributed by atoms with Crippen LogP contribution in [0, 0.1) is 0 Å². The first-order valence-corrected chi connectivity index (χ1v) is 5.99. The first-order chi connectivity index (χ1) is 8.24. The van der Waals surface area contributed by atoms with Gasteiger partial charge in [0.2, 0.25) is 5.91 Å². The van der Waals surface area contributed by atoms with Gasteiger partial charge in [-0.2, -0.15) is 0 Å². The third-order valence-corrected chi connectivity index (χ3v) is 3.73. The topological polar surface area (TPSA) is 61.5 Å². The Morgan fingerprint density at radius 2 is 1.61 bits per heavy atom. The number of nitrogens with two attached hydrogens (primary N) is 1. The van der Waals surface area contributed by atoms with Gasteiger partial charge < -0.3 is 15.0 Å². The summed E-state index contributed by atoms with van der Waals surface area (Å²) in [6, 6.07) is 7.10. The monoisotopic (exact) mass is 247 g/mol. The molecule has 0 aliphatic carbocycles. The molecule has 96 valence electrons. The van der Waals surface area contributed by atoms with Crippen LogP contribution in [-0.4, -0.2) is 24.2 Å². The van der Waals surface area contributed by atoms with Crippen molar-refractivity contribution in [1.29, 1.82) is 0 Å². The van der Waals surface area contributed by atoms with E-state index in [-0.39, 0.29) is 0 Å². The average molecular weight is 247 g/mol. The lowest BCUT2D eigenvalue weighted by molar-refractivity contribution is 0.00578. The predicted octanol–water partition coefficient (Wildman–Crippen LogP) is 1.08.